The Morgan fingerprint density at radius 3 is 1.32 bits per heavy atom. The lowest BCUT2D eigenvalue weighted by Crippen LogP contribution is -2.27. The van der Waals surface area contributed by atoms with Crippen molar-refractivity contribution in [1.29, 1.82) is 0 Å². The molecule has 0 amide bonds. The first-order chi connectivity index (χ1) is 10.1. The van der Waals surface area contributed by atoms with E-state index in [1.54, 1.807) is 0 Å². The Balaban J connectivity index is 2.88. The molecule has 1 saturated heterocycles. The Kier molecular flexibility index (Phi) is 5.46. The Bertz CT molecular complexity index is 539. The van der Waals surface area contributed by atoms with E-state index in [0.29, 0.717) is 0 Å². The molecule has 130 valence electrons. The fourth-order valence-electron chi connectivity index (χ4n) is 2.52. The summed E-state index contributed by atoms with van der Waals surface area (Å²) in [6, 6.07) is 0. The van der Waals surface area contributed by atoms with Crippen LogP contribution in [0, 0.1) is 0 Å². The summed E-state index contributed by atoms with van der Waals surface area (Å²) >= 11 is 0. The molecule has 0 aromatic heterocycles. The van der Waals surface area contributed by atoms with Gasteiger partial charge in [0.15, 0.2) is 0 Å². The SMILES string of the molecule is CN(C)P1(N(C)C)=NP2(=NP(N(C)C)(N(C)C)=N1)NCCN2. The second-order valence-electron chi connectivity index (χ2n) is 6.15. The fourth-order valence-corrected chi connectivity index (χ4v) is 16.5. The molecule has 0 unspecified atom stereocenters. The first-order valence-corrected chi connectivity index (χ1v) is 12.1. The van der Waals surface area contributed by atoms with E-state index in [-0.39, 0.29) is 0 Å². The molecule has 22 heavy (non-hydrogen) atoms. The van der Waals surface area contributed by atoms with Crippen LogP contribution in [0.4, 0.5) is 0 Å². The van der Waals surface area contributed by atoms with Crippen LogP contribution in [0.2, 0.25) is 0 Å². The Labute approximate surface area is 135 Å². The monoisotopic (exact) mass is 369 g/mol. The quantitative estimate of drug-likeness (QED) is 0.741. The lowest BCUT2D eigenvalue weighted by atomic mass is 10.7. The molecule has 2 rings (SSSR count). The van der Waals surface area contributed by atoms with Gasteiger partial charge < -0.3 is 0 Å². The highest BCUT2D eigenvalue weighted by Gasteiger charge is 2.43. The van der Waals surface area contributed by atoms with Crippen molar-refractivity contribution < 1.29 is 0 Å². The van der Waals surface area contributed by atoms with Gasteiger partial charge in [-0.2, -0.15) is 13.5 Å². The Morgan fingerprint density at radius 1 is 0.591 bits per heavy atom. The average molecular weight is 369 g/mol. The summed E-state index contributed by atoms with van der Waals surface area (Å²) in [5.74, 6) is 0. The van der Waals surface area contributed by atoms with E-state index < -0.39 is 22.5 Å². The number of nitrogens with one attached hydrogen (secondary N) is 2. The third-order valence-electron chi connectivity index (χ3n) is 3.68. The second kappa shape index (κ2) is 6.40. The van der Waals surface area contributed by atoms with Crippen molar-refractivity contribution >= 4 is 22.5 Å². The molecule has 0 aliphatic carbocycles. The molecule has 0 radical (unpaired) electrons. The molecule has 0 bridgehead atoms. The summed E-state index contributed by atoms with van der Waals surface area (Å²) in [5.41, 5.74) is 0. The van der Waals surface area contributed by atoms with Crippen LogP contribution in [0.15, 0.2) is 13.5 Å². The lowest BCUT2D eigenvalue weighted by Gasteiger charge is -2.43. The first kappa shape index (κ1) is 18.8. The van der Waals surface area contributed by atoms with E-state index in [9.17, 15) is 0 Å². The van der Waals surface area contributed by atoms with Gasteiger partial charge in [0.1, 0.15) is 0 Å². The van der Waals surface area contributed by atoms with Gasteiger partial charge in [0, 0.05) is 13.1 Å². The van der Waals surface area contributed by atoms with E-state index in [4.69, 9.17) is 13.5 Å². The third-order valence-corrected chi connectivity index (χ3v) is 15.2. The predicted octanol–water partition coefficient (Wildman–Crippen LogP) is 2.28. The smallest absolute Gasteiger partial charge is 0.220 e. The highest BCUT2D eigenvalue weighted by atomic mass is 31.3. The van der Waals surface area contributed by atoms with Crippen LogP contribution in [0.25, 0.3) is 0 Å². The van der Waals surface area contributed by atoms with E-state index in [2.05, 4.69) is 85.2 Å². The molecule has 12 heteroatoms. The summed E-state index contributed by atoms with van der Waals surface area (Å²) in [6.07, 6.45) is 0. The summed E-state index contributed by atoms with van der Waals surface area (Å²) < 4.78 is 24.4. The van der Waals surface area contributed by atoms with Crippen molar-refractivity contribution in [2.75, 3.05) is 69.5 Å². The number of rotatable bonds is 4. The molecule has 0 atom stereocenters. The minimum absolute atomic E-state index is 0.905. The van der Waals surface area contributed by atoms with Crippen LogP contribution in [0.3, 0.4) is 0 Å². The van der Waals surface area contributed by atoms with Crippen molar-refractivity contribution in [2.45, 2.75) is 0 Å². The van der Waals surface area contributed by atoms with Gasteiger partial charge >= 0.3 is 0 Å². The van der Waals surface area contributed by atoms with Crippen molar-refractivity contribution in [3.63, 3.8) is 0 Å². The van der Waals surface area contributed by atoms with Crippen LogP contribution in [0.1, 0.15) is 0 Å². The number of nitrogens with zero attached hydrogens (tertiary/aromatic N) is 7. The molecule has 2 aliphatic rings. The molecular formula is C10H30N9P3. The highest BCUT2D eigenvalue weighted by molar-refractivity contribution is 7.83. The maximum atomic E-state index is 5.30. The molecule has 2 heterocycles. The van der Waals surface area contributed by atoms with Gasteiger partial charge in [-0.25, -0.2) is 18.7 Å². The highest BCUT2D eigenvalue weighted by Crippen LogP contribution is 2.78. The van der Waals surface area contributed by atoms with E-state index in [0.717, 1.165) is 13.1 Å². The maximum Gasteiger partial charge on any atom is 0.220 e. The third kappa shape index (κ3) is 2.92. The van der Waals surface area contributed by atoms with Gasteiger partial charge in [0.25, 0.3) is 0 Å². The molecular weight excluding hydrogens is 339 g/mol. The summed E-state index contributed by atoms with van der Waals surface area (Å²) in [6.45, 7) is 1.81. The summed E-state index contributed by atoms with van der Waals surface area (Å²) in [7, 11) is 10.1. The van der Waals surface area contributed by atoms with Crippen molar-refractivity contribution in [1.82, 2.24) is 28.9 Å². The van der Waals surface area contributed by atoms with Gasteiger partial charge in [0.2, 0.25) is 22.5 Å². The maximum absolute atomic E-state index is 5.30. The zero-order chi connectivity index (χ0) is 16.8. The molecule has 2 N–H and O–H groups in total. The van der Waals surface area contributed by atoms with Gasteiger partial charge in [-0.05, 0) is 56.4 Å². The first-order valence-electron chi connectivity index (χ1n) is 7.23. The van der Waals surface area contributed by atoms with E-state index in [1.165, 1.54) is 0 Å². The van der Waals surface area contributed by atoms with E-state index >= 15 is 0 Å². The molecule has 0 aromatic rings. The zero-order valence-corrected chi connectivity index (χ0v) is 17.6. The molecule has 1 fully saturated rings. The standard InChI is InChI=1S/C10H30N9P3/c1-16(2)21(17(3)4)13-20(11-9-10-12-20)14-22(15-21,18(5)6)19(7)8/h11-12H,9-10H2,1-8H3. The zero-order valence-electron chi connectivity index (χ0n) is 14.9. The van der Waals surface area contributed by atoms with Crippen LogP contribution in [-0.4, -0.2) is 88.2 Å². The minimum Gasteiger partial charge on any atom is -0.252 e. The normalized spacial score (nSPS) is 25.6. The summed E-state index contributed by atoms with van der Waals surface area (Å²) in [5, 5.41) is 7.11. The van der Waals surface area contributed by atoms with Crippen LogP contribution < -0.4 is 10.2 Å². The van der Waals surface area contributed by atoms with Gasteiger partial charge in [-0.15, -0.1) is 0 Å². The number of hydrogen-bond donors (Lipinski definition) is 2. The van der Waals surface area contributed by atoms with E-state index in [1.807, 2.05) is 0 Å². The van der Waals surface area contributed by atoms with Crippen molar-refractivity contribution in [3.8, 4) is 0 Å². The van der Waals surface area contributed by atoms with Crippen LogP contribution >= 0.6 is 22.5 Å². The Hall–Kier alpha value is 0.450. The largest absolute Gasteiger partial charge is 0.252 e. The van der Waals surface area contributed by atoms with Crippen LogP contribution in [-0.2, 0) is 0 Å². The lowest BCUT2D eigenvalue weighted by molar-refractivity contribution is 0.545. The Morgan fingerprint density at radius 2 is 0.955 bits per heavy atom. The molecule has 9 nitrogen and oxygen atoms in total. The van der Waals surface area contributed by atoms with Crippen molar-refractivity contribution in [3.05, 3.63) is 0 Å². The topological polar surface area (TPSA) is 74.1 Å². The second-order valence-corrected chi connectivity index (χ2v) is 15.5. The van der Waals surface area contributed by atoms with Gasteiger partial charge in [-0.3, -0.25) is 10.2 Å². The number of hydrogen-bond acceptors (Lipinski definition) is 9. The molecule has 1 spiro atoms. The minimum atomic E-state index is -2.16. The average Bonchev–Trinajstić information content (AvgIpc) is 2.84. The molecule has 0 saturated carbocycles. The summed E-state index contributed by atoms with van der Waals surface area (Å²) in [4.78, 5) is 0. The molecule has 2 aliphatic heterocycles. The van der Waals surface area contributed by atoms with Gasteiger partial charge in [0.05, 0.1) is 0 Å². The van der Waals surface area contributed by atoms with Crippen LogP contribution in [0.5, 0.6) is 0 Å². The van der Waals surface area contributed by atoms with Gasteiger partial charge in [-0.1, -0.05) is 0 Å². The fraction of sp³-hybridized carbons (Fsp3) is 1.00. The predicted molar refractivity (Wildman–Crippen MR) is 98.8 cm³/mol. The molecule has 0 aromatic carbocycles. The van der Waals surface area contributed by atoms with Crippen molar-refractivity contribution in [2.24, 2.45) is 13.5 Å².